The van der Waals surface area contributed by atoms with Crippen molar-refractivity contribution in [3.05, 3.63) is 102 Å². The number of hydrogen-bond acceptors (Lipinski definition) is 2. The lowest BCUT2D eigenvalue weighted by Crippen LogP contribution is -2.31. The van der Waals surface area contributed by atoms with Gasteiger partial charge in [0.1, 0.15) is 6.07 Å². The summed E-state index contributed by atoms with van der Waals surface area (Å²) in [5.74, 6) is 0. The fourth-order valence-corrected chi connectivity index (χ4v) is 7.02. The van der Waals surface area contributed by atoms with Crippen LogP contribution in [-0.2, 0) is 6.42 Å². The minimum atomic E-state index is 0.840. The van der Waals surface area contributed by atoms with Gasteiger partial charge in [-0.3, -0.25) is 0 Å². The molecule has 2 heteroatoms. The monoisotopic (exact) mass is 474 g/mol. The molecule has 0 unspecified atom stereocenters. The zero-order chi connectivity index (χ0) is 24.5. The van der Waals surface area contributed by atoms with Gasteiger partial charge in [0.25, 0.3) is 0 Å². The lowest BCUT2D eigenvalue weighted by Gasteiger charge is -2.33. The van der Waals surface area contributed by atoms with Crippen LogP contribution in [0.4, 0.5) is 5.69 Å². The van der Waals surface area contributed by atoms with Crippen molar-refractivity contribution in [3.63, 3.8) is 0 Å². The molecule has 176 valence electrons. The predicted octanol–water partition coefficient (Wildman–Crippen LogP) is 8.68. The van der Waals surface area contributed by atoms with Crippen LogP contribution in [0.3, 0.4) is 0 Å². The van der Waals surface area contributed by atoms with Gasteiger partial charge < -0.3 is 4.90 Å². The second-order valence-corrected chi connectivity index (χ2v) is 10.6. The van der Waals surface area contributed by atoms with E-state index in [0.717, 1.165) is 30.8 Å². The molecule has 1 saturated heterocycles. The van der Waals surface area contributed by atoms with E-state index in [4.69, 9.17) is 0 Å². The van der Waals surface area contributed by atoms with Crippen LogP contribution < -0.4 is 4.90 Å². The molecular weight excluding hydrogens is 448 g/mol. The Labute approximate surface area is 216 Å². The molecule has 0 atom stereocenters. The fourth-order valence-electron chi connectivity index (χ4n) is 7.02. The van der Waals surface area contributed by atoms with E-state index in [2.05, 4.69) is 95.9 Å². The second kappa shape index (κ2) is 7.82. The Bertz CT molecular complexity index is 1900. The van der Waals surface area contributed by atoms with Crippen molar-refractivity contribution in [1.82, 2.24) is 0 Å². The maximum atomic E-state index is 10.7. The average molecular weight is 475 g/mol. The van der Waals surface area contributed by atoms with Crippen molar-refractivity contribution >= 4 is 38.0 Å². The summed E-state index contributed by atoms with van der Waals surface area (Å²) < 4.78 is 0. The van der Waals surface area contributed by atoms with Gasteiger partial charge in [0.05, 0.1) is 11.3 Å². The molecule has 0 spiro atoms. The zero-order valence-corrected chi connectivity index (χ0v) is 20.7. The van der Waals surface area contributed by atoms with E-state index >= 15 is 0 Å². The normalized spacial score (nSPS) is 14.8. The summed E-state index contributed by atoms with van der Waals surface area (Å²) in [6.07, 6.45) is 4.46. The quantitative estimate of drug-likeness (QED) is 0.234. The first-order chi connectivity index (χ1) is 18.3. The van der Waals surface area contributed by atoms with Crippen LogP contribution in [0.15, 0.2) is 84.9 Å². The molecule has 1 heterocycles. The van der Waals surface area contributed by atoms with Gasteiger partial charge in [0, 0.05) is 25.1 Å². The highest BCUT2D eigenvalue weighted by molar-refractivity contribution is 6.26. The van der Waals surface area contributed by atoms with Crippen molar-refractivity contribution in [3.8, 4) is 28.3 Å². The highest BCUT2D eigenvalue weighted by Crippen LogP contribution is 2.49. The molecule has 0 aromatic heterocycles. The van der Waals surface area contributed by atoms with Gasteiger partial charge in [-0.25, -0.2) is 0 Å². The standard InChI is InChI=1S/C35H26N2/c36-21-32-29-18-24-8-2-3-12-26(24)30(29)20-31(35(32)37-16-4-1-5-17-37)28-19-25-11-6-9-22-14-15-23-10-7-13-27(28)34(23)33(22)25/h2-3,6-15,19-20H,1,4-5,16-18H2. The number of piperidine rings is 1. The number of fused-ring (bicyclic) bond motifs is 3. The van der Waals surface area contributed by atoms with Crippen molar-refractivity contribution in [2.75, 3.05) is 18.0 Å². The van der Waals surface area contributed by atoms with E-state index in [9.17, 15) is 5.26 Å². The molecule has 2 aliphatic rings. The molecule has 8 rings (SSSR count). The lowest BCUT2D eigenvalue weighted by molar-refractivity contribution is 0.578. The first-order valence-electron chi connectivity index (χ1n) is 13.4. The number of benzene rings is 6. The van der Waals surface area contributed by atoms with Crippen LogP contribution >= 0.6 is 0 Å². The zero-order valence-electron chi connectivity index (χ0n) is 20.7. The highest BCUT2D eigenvalue weighted by atomic mass is 15.1. The average Bonchev–Trinajstić information content (AvgIpc) is 3.33. The van der Waals surface area contributed by atoms with Crippen molar-refractivity contribution in [2.24, 2.45) is 0 Å². The summed E-state index contributed by atoms with van der Waals surface area (Å²) in [4.78, 5) is 2.50. The Hall–Kier alpha value is -4.35. The Kier molecular flexibility index (Phi) is 4.40. The molecule has 2 nitrogen and oxygen atoms in total. The third-order valence-electron chi connectivity index (χ3n) is 8.66. The minimum Gasteiger partial charge on any atom is -0.370 e. The number of rotatable bonds is 2. The summed E-state index contributed by atoms with van der Waals surface area (Å²) >= 11 is 0. The first-order valence-corrected chi connectivity index (χ1v) is 13.4. The maximum absolute atomic E-state index is 10.7. The van der Waals surface area contributed by atoms with E-state index in [-0.39, 0.29) is 0 Å². The summed E-state index contributed by atoms with van der Waals surface area (Å²) in [5, 5.41) is 18.4. The number of nitrogens with zero attached hydrogens (tertiary/aromatic N) is 2. The van der Waals surface area contributed by atoms with Crippen LogP contribution in [0.5, 0.6) is 0 Å². The van der Waals surface area contributed by atoms with E-state index in [1.54, 1.807) is 0 Å². The van der Waals surface area contributed by atoms with Gasteiger partial charge in [-0.1, -0.05) is 72.8 Å². The maximum Gasteiger partial charge on any atom is 0.102 e. The van der Waals surface area contributed by atoms with Gasteiger partial charge in [-0.15, -0.1) is 0 Å². The molecule has 0 saturated carbocycles. The molecule has 0 bridgehead atoms. The van der Waals surface area contributed by atoms with Gasteiger partial charge in [0.15, 0.2) is 0 Å². The molecule has 6 aromatic carbocycles. The van der Waals surface area contributed by atoms with Crippen LogP contribution in [0.25, 0.3) is 54.6 Å². The van der Waals surface area contributed by atoms with Crippen LogP contribution in [0, 0.1) is 11.3 Å². The van der Waals surface area contributed by atoms with Crippen molar-refractivity contribution in [1.29, 1.82) is 5.26 Å². The Morgan fingerprint density at radius 1 is 0.622 bits per heavy atom. The Morgan fingerprint density at radius 2 is 1.38 bits per heavy atom. The predicted molar refractivity (Wildman–Crippen MR) is 155 cm³/mol. The minimum absolute atomic E-state index is 0.840. The molecule has 0 radical (unpaired) electrons. The molecule has 1 aliphatic heterocycles. The van der Waals surface area contributed by atoms with E-state index in [1.807, 2.05) is 0 Å². The highest BCUT2D eigenvalue weighted by Gasteiger charge is 2.29. The fraction of sp³-hybridized carbons (Fsp3) is 0.171. The van der Waals surface area contributed by atoms with Gasteiger partial charge in [-0.05, 0) is 91.5 Å². The third-order valence-corrected chi connectivity index (χ3v) is 8.66. The topological polar surface area (TPSA) is 27.0 Å². The van der Waals surface area contributed by atoms with E-state index in [0.29, 0.717) is 0 Å². The number of anilines is 1. The smallest absolute Gasteiger partial charge is 0.102 e. The van der Waals surface area contributed by atoms with E-state index < -0.39 is 0 Å². The molecule has 1 aliphatic carbocycles. The van der Waals surface area contributed by atoms with Gasteiger partial charge in [-0.2, -0.15) is 5.26 Å². The lowest BCUT2D eigenvalue weighted by atomic mass is 9.85. The molecule has 0 N–H and O–H groups in total. The second-order valence-electron chi connectivity index (χ2n) is 10.6. The van der Waals surface area contributed by atoms with Crippen LogP contribution in [0.1, 0.15) is 36.0 Å². The largest absolute Gasteiger partial charge is 0.370 e. The van der Waals surface area contributed by atoms with E-state index in [1.165, 1.54) is 85.0 Å². The van der Waals surface area contributed by atoms with Crippen molar-refractivity contribution in [2.45, 2.75) is 25.7 Å². The molecule has 0 amide bonds. The molecule has 1 fully saturated rings. The summed E-state index contributed by atoms with van der Waals surface area (Å²) in [7, 11) is 0. The Morgan fingerprint density at radius 3 is 2.22 bits per heavy atom. The summed E-state index contributed by atoms with van der Waals surface area (Å²) in [5.41, 5.74) is 9.48. The van der Waals surface area contributed by atoms with Gasteiger partial charge >= 0.3 is 0 Å². The summed E-state index contributed by atoms with van der Waals surface area (Å²) in [6.45, 7) is 2.02. The van der Waals surface area contributed by atoms with Crippen molar-refractivity contribution < 1.29 is 0 Å². The SMILES string of the molecule is N#Cc1c2c(cc(-c3cc4cccc5ccc6cccc3c6c54)c1N1CCCCC1)-c1ccccc1C2. The third kappa shape index (κ3) is 2.92. The van der Waals surface area contributed by atoms with Gasteiger partial charge in [0.2, 0.25) is 0 Å². The van der Waals surface area contributed by atoms with Crippen LogP contribution in [0.2, 0.25) is 0 Å². The molecule has 37 heavy (non-hydrogen) atoms. The Balaban J connectivity index is 1.52. The first kappa shape index (κ1) is 20.8. The molecular formula is C35H26N2. The number of hydrogen-bond donors (Lipinski definition) is 0. The summed E-state index contributed by atoms with van der Waals surface area (Å²) in [6, 6.07) is 34.0. The number of nitriles is 1. The van der Waals surface area contributed by atoms with Crippen LogP contribution in [-0.4, -0.2) is 13.1 Å². The molecule has 6 aromatic rings.